The molecule has 7 heteroatoms. The zero-order valence-electron chi connectivity index (χ0n) is 15.9. The van der Waals surface area contributed by atoms with Gasteiger partial charge in [0, 0.05) is 35.6 Å². The van der Waals surface area contributed by atoms with Crippen molar-refractivity contribution in [1.29, 1.82) is 0 Å². The number of benzene rings is 1. The molecule has 0 saturated heterocycles. The van der Waals surface area contributed by atoms with Crippen molar-refractivity contribution in [3.63, 3.8) is 0 Å². The van der Waals surface area contributed by atoms with E-state index in [1.807, 2.05) is 35.7 Å². The highest BCUT2D eigenvalue weighted by molar-refractivity contribution is 5.65. The van der Waals surface area contributed by atoms with Gasteiger partial charge in [-0.3, -0.25) is 4.79 Å². The number of aromatic amines is 1. The molecule has 0 saturated carbocycles. The number of alkyl halides is 2. The maximum atomic E-state index is 12.7. The van der Waals surface area contributed by atoms with Crippen LogP contribution >= 0.6 is 0 Å². The molecule has 4 rings (SSSR count). The first-order valence-electron chi connectivity index (χ1n) is 9.12. The normalized spacial score (nSPS) is 11.3. The molecule has 0 bridgehead atoms. The lowest BCUT2D eigenvalue weighted by atomic mass is 10.1. The summed E-state index contributed by atoms with van der Waals surface area (Å²) in [5.74, 6) is 0.157. The van der Waals surface area contributed by atoms with Crippen LogP contribution in [0.1, 0.15) is 22.5 Å². The van der Waals surface area contributed by atoms with E-state index in [2.05, 4.69) is 14.7 Å². The molecule has 1 aromatic carbocycles. The van der Waals surface area contributed by atoms with Gasteiger partial charge < -0.3 is 14.1 Å². The number of pyridine rings is 2. The van der Waals surface area contributed by atoms with Crippen LogP contribution in [0.25, 0.3) is 16.8 Å². The summed E-state index contributed by atoms with van der Waals surface area (Å²) in [7, 11) is 0. The monoisotopic (exact) mass is 395 g/mol. The standard InChI is InChI=1S/C22H19F2N3O2/c1-13-9-17(11-25-21(13)28)16-7-8-20-26-14(2)18(27(20)12-16)10-15-5-3-4-6-19(15)29-22(23)24/h3-9,11-12,22H,10H2,1-2H3,(H,25,28). The lowest BCUT2D eigenvalue weighted by Crippen LogP contribution is -2.08. The Hall–Kier alpha value is -3.48. The van der Waals surface area contributed by atoms with Gasteiger partial charge in [0.2, 0.25) is 0 Å². The molecule has 0 aliphatic rings. The van der Waals surface area contributed by atoms with Crippen molar-refractivity contribution >= 4 is 5.65 Å². The summed E-state index contributed by atoms with van der Waals surface area (Å²) < 4.78 is 32.1. The second kappa shape index (κ2) is 7.50. The summed E-state index contributed by atoms with van der Waals surface area (Å²) in [6.45, 7) is 0.769. The average Bonchev–Trinajstić information content (AvgIpc) is 3.00. The topological polar surface area (TPSA) is 59.4 Å². The van der Waals surface area contributed by atoms with Gasteiger partial charge in [0.25, 0.3) is 5.56 Å². The molecule has 1 N–H and O–H groups in total. The number of nitrogens with one attached hydrogen (secondary N) is 1. The SMILES string of the molecule is Cc1nc2ccc(-c3c[nH]c(=O)c(C)c3)cn2c1Cc1ccccc1OC(F)F. The van der Waals surface area contributed by atoms with Crippen molar-refractivity contribution in [2.45, 2.75) is 26.9 Å². The quantitative estimate of drug-likeness (QED) is 0.541. The molecule has 0 atom stereocenters. The molecule has 3 aromatic heterocycles. The van der Waals surface area contributed by atoms with Crippen LogP contribution in [0.3, 0.4) is 0 Å². The van der Waals surface area contributed by atoms with Crippen LogP contribution in [0, 0.1) is 13.8 Å². The summed E-state index contributed by atoms with van der Waals surface area (Å²) in [6.07, 6.45) is 4.00. The number of nitrogens with zero attached hydrogens (tertiary/aromatic N) is 2. The third-order valence-corrected chi connectivity index (χ3v) is 4.89. The van der Waals surface area contributed by atoms with E-state index in [0.717, 1.165) is 28.2 Å². The van der Waals surface area contributed by atoms with E-state index in [4.69, 9.17) is 0 Å². The minimum absolute atomic E-state index is 0.121. The first-order valence-corrected chi connectivity index (χ1v) is 9.12. The molecule has 0 spiro atoms. The lowest BCUT2D eigenvalue weighted by Gasteiger charge is -2.11. The fourth-order valence-electron chi connectivity index (χ4n) is 3.40. The van der Waals surface area contributed by atoms with Gasteiger partial charge in [-0.15, -0.1) is 0 Å². The van der Waals surface area contributed by atoms with Gasteiger partial charge in [0.05, 0.1) is 5.69 Å². The van der Waals surface area contributed by atoms with Gasteiger partial charge >= 0.3 is 6.61 Å². The molecule has 0 aliphatic carbocycles. The van der Waals surface area contributed by atoms with Crippen molar-refractivity contribution in [2.24, 2.45) is 0 Å². The van der Waals surface area contributed by atoms with E-state index < -0.39 is 6.61 Å². The molecule has 3 heterocycles. The molecule has 0 amide bonds. The number of hydrogen-bond acceptors (Lipinski definition) is 3. The highest BCUT2D eigenvalue weighted by atomic mass is 19.3. The molecule has 148 valence electrons. The van der Waals surface area contributed by atoms with Crippen LogP contribution in [-0.2, 0) is 6.42 Å². The fourth-order valence-corrected chi connectivity index (χ4v) is 3.40. The number of hydrogen-bond donors (Lipinski definition) is 1. The highest BCUT2D eigenvalue weighted by Crippen LogP contribution is 2.27. The van der Waals surface area contributed by atoms with E-state index in [1.165, 1.54) is 6.07 Å². The molecule has 0 radical (unpaired) electrons. The predicted octanol–water partition coefficient (Wildman–Crippen LogP) is 4.50. The number of fused-ring (bicyclic) bond motifs is 1. The Bertz CT molecular complexity index is 1240. The van der Waals surface area contributed by atoms with Crippen LogP contribution < -0.4 is 10.3 Å². The van der Waals surface area contributed by atoms with Crippen molar-refractivity contribution in [3.05, 3.63) is 87.7 Å². The fraction of sp³-hybridized carbons (Fsp3) is 0.182. The smallest absolute Gasteiger partial charge is 0.387 e. The number of aromatic nitrogens is 3. The van der Waals surface area contributed by atoms with E-state index in [9.17, 15) is 13.6 Å². The lowest BCUT2D eigenvalue weighted by molar-refractivity contribution is -0.0503. The summed E-state index contributed by atoms with van der Waals surface area (Å²) in [5.41, 5.74) is 5.40. The van der Waals surface area contributed by atoms with Gasteiger partial charge in [-0.25, -0.2) is 4.98 Å². The summed E-state index contributed by atoms with van der Waals surface area (Å²) >= 11 is 0. The third-order valence-electron chi connectivity index (χ3n) is 4.89. The van der Waals surface area contributed by atoms with Crippen LogP contribution in [0.15, 0.2) is 59.7 Å². The van der Waals surface area contributed by atoms with E-state index in [0.29, 0.717) is 17.5 Å². The molecule has 0 fully saturated rings. The van der Waals surface area contributed by atoms with Crippen LogP contribution in [0.5, 0.6) is 5.75 Å². The third kappa shape index (κ3) is 3.76. The Morgan fingerprint density at radius 2 is 1.93 bits per heavy atom. The van der Waals surface area contributed by atoms with Gasteiger partial charge in [-0.2, -0.15) is 8.78 Å². The van der Waals surface area contributed by atoms with Crippen molar-refractivity contribution < 1.29 is 13.5 Å². The Balaban J connectivity index is 1.78. The van der Waals surface area contributed by atoms with Gasteiger partial charge in [0.15, 0.2) is 0 Å². The number of halogens is 2. The predicted molar refractivity (Wildman–Crippen MR) is 107 cm³/mol. The van der Waals surface area contributed by atoms with Crippen molar-refractivity contribution in [1.82, 2.24) is 14.4 Å². The highest BCUT2D eigenvalue weighted by Gasteiger charge is 2.15. The summed E-state index contributed by atoms with van der Waals surface area (Å²) in [4.78, 5) is 19.0. The van der Waals surface area contributed by atoms with E-state index in [-0.39, 0.29) is 11.3 Å². The zero-order chi connectivity index (χ0) is 20.5. The molecular weight excluding hydrogens is 376 g/mol. The largest absolute Gasteiger partial charge is 0.435 e. The first kappa shape index (κ1) is 18.9. The minimum Gasteiger partial charge on any atom is -0.435 e. The number of rotatable bonds is 5. The number of H-pyrrole nitrogens is 1. The van der Waals surface area contributed by atoms with Crippen LogP contribution in [-0.4, -0.2) is 21.0 Å². The second-order valence-electron chi connectivity index (χ2n) is 6.85. The number of para-hydroxylation sites is 1. The Morgan fingerprint density at radius 1 is 1.14 bits per heavy atom. The van der Waals surface area contributed by atoms with Crippen LogP contribution in [0.2, 0.25) is 0 Å². The van der Waals surface area contributed by atoms with Gasteiger partial charge in [-0.05, 0) is 49.2 Å². The number of ether oxygens (including phenoxy) is 1. The maximum Gasteiger partial charge on any atom is 0.387 e. The van der Waals surface area contributed by atoms with Crippen molar-refractivity contribution in [3.8, 4) is 16.9 Å². The molecule has 4 aromatic rings. The number of imidazole rings is 1. The Labute approximate surface area is 165 Å². The molecule has 0 unspecified atom stereocenters. The zero-order valence-corrected chi connectivity index (χ0v) is 15.9. The average molecular weight is 395 g/mol. The van der Waals surface area contributed by atoms with E-state index in [1.54, 1.807) is 31.3 Å². The summed E-state index contributed by atoms with van der Waals surface area (Å²) in [6, 6.07) is 12.4. The van der Waals surface area contributed by atoms with Crippen LogP contribution in [0.4, 0.5) is 8.78 Å². The summed E-state index contributed by atoms with van der Waals surface area (Å²) in [5, 5.41) is 0. The van der Waals surface area contributed by atoms with Gasteiger partial charge in [0.1, 0.15) is 11.4 Å². The second-order valence-corrected chi connectivity index (χ2v) is 6.85. The minimum atomic E-state index is -2.88. The Kier molecular flexibility index (Phi) is 4.88. The molecular formula is C22H19F2N3O2. The van der Waals surface area contributed by atoms with Crippen molar-refractivity contribution in [2.75, 3.05) is 0 Å². The molecule has 5 nitrogen and oxygen atoms in total. The van der Waals surface area contributed by atoms with Gasteiger partial charge in [-0.1, -0.05) is 18.2 Å². The Morgan fingerprint density at radius 3 is 2.69 bits per heavy atom. The molecule has 0 aliphatic heterocycles. The first-order chi connectivity index (χ1) is 13.9. The molecule has 29 heavy (non-hydrogen) atoms. The maximum absolute atomic E-state index is 12.7. The number of aryl methyl sites for hydroxylation is 2. The van der Waals surface area contributed by atoms with E-state index >= 15 is 0 Å².